The van der Waals surface area contributed by atoms with Gasteiger partial charge in [0.25, 0.3) is 0 Å². The SMILES string of the molecule is CSC1(C(C)(C)C2=[C-]CC=C2)CC=CC=C1C.CSC1(C(C)(C)C2=[C-]CC=C2)CC=CC=C1C.[Cl-].[Cl-].[Ti+2].[Ti+2]. The Bertz CT molecular complexity index is 946. The van der Waals surface area contributed by atoms with E-state index in [9.17, 15) is 0 Å². The van der Waals surface area contributed by atoms with Crippen LogP contribution in [0.15, 0.2) is 83.1 Å². The van der Waals surface area contributed by atoms with E-state index >= 15 is 0 Å². The molecule has 0 aromatic rings. The van der Waals surface area contributed by atoms with Gasteiger partial charge in [-0.05, 0) is 50.0 Å². The maximum Gasteiger partial charge on any atom is 2.00 e. The fraction of sp³-hybridized carbons (Fsp3) is 0.500. The number of thioether (sulfide) groups is 2. The summed E-state index contributed by atoms with van der Waals surface area (Å²) >= 11 is 3.96. The number of hydrogen-bond donors (Lipinski definition) is 0. The first kappa shape index (κ1) is 40.8. The predicted octanol–water partition coefficient (Wildman–Crippen LogP) is 3.42. The fourth-order valence-electron chi connectivity index (χ4n) is 6.08. The minimum atomic E-state index is 0. The van der Waals surface area contributed by atoms with Gasteiger partial charge in [-0.2, -0.15) is 35.7 Å². The van der Waals surface area contributed by atoms with Crippen molar-refractivity contribution in [3.63, 3.8) is 0 Å². The Balaban J connectivity index is 0. The van der Waals surface area contributed by atoms with Gasteiger partial charge in [-0.1, -0.05) is 75.3 Å². The van der Waals surface area contributed by atoms with Crippen molar-refractivity contribution in [3.05, 3.63) is 95.2 Å². The van der Waals surface area contributed by atoms with E-state index < -0.39 is 0 Å². The Hall–Kier alpha value is 0.629. The smallest absolute Gasteiger partial charge is 1.00 e. The first-order chi connectivity index (χ1) is 16.1. The van der Waals surface area contributed by atoms with Gasteiger partial charge >= 0.3 is 43.4 Å². The second-order valence-corrected chi connectivity index (χ2v) is 12.9. The van der Waals surface area contributed by atoms with Crippen molar-refractivity contribution in [2.24, 2.45) is 10.8 Å². The summed E-state index contributed by atoms with van der Waals surface area (Å²) in [5.74, 6) is 0. The molecule has 2 atom stereocenters. The van der Waals surface area contributed by atoms with Gasteiger partial charge in [-0.15, -0.1) is 12.8 Å². The molecule has 0 bridgehead atoms. The van der Waals surface area contributed by atoms with Crippen molar-refractivity contribution in [3.8, 4) is 0 Å². The number of rotatable bonds is 6. The second kappa shape index (κ2) is 16.9. The molecular weight excluding hydrogens is 615 g/mol. The van der Waals surface area contributed by atoms with Gasteiger partial charge in [0.2, 0.25) is 0 Å². The molecule has 0 amide bonds. The van der Waals surface area contributed by atoms with Crippen LogP contribution < -0.4 is 24.8 Å². The van der Waals surface area contributed by atoms with Crippen LogP contribution in [0.1, 0.15) is 67.2 Å². The van der Waals surface area contributed by atoms with Crippen molar-refractivity contribution in [1.82, 2.24) is 0 Å². The molecule has 0 nitrogen and oxygen atoms in total. The minimum Gasteiger partial charge on any atom is -1.00 e. The van der Waals surface area contributed by atoms with E-state index in [2.05, 4.69) is 127 Å². The van der Waals surface area contributed by atoms with Crippen molar-refractivity contribution in [2.45, 2.75) is 76.7 Å². The molecule has 0 fully saturated rings. The summed E-state index contributed by atoms with van der Waals surface area (Å²) in [7, 11) is 0. The van der Waals surface area contributed by atoms with Crippen LogP contribution >= 0.6 is 23.5 Å². The molecule has 0 saturated carbocycles. The second-order valence-electron chi connectivity index (χ2n) is 10.7. The molecule has 4 rings (SSSR count). The normalized spacial score (nSPS) is 25.3. The van der Waals surface area contributed by atoms with Crippen LogP contribution in [-0.2, 0) is 43.4 Å². The van der Waals surface area contributed by atoms with E-state index in [0.717, 1.165) is 25.7 Å². The van der Waals surface area contributed by atoms with E-state index in [1.54, 1.807) is 0 Å². The van der Waals surface area contributed by atoms with E-state index in [4.69, 9.17) is 0 Å². The van der Waals surface area contributed by atoms with Crippen LogP contribution in [0.3, 0.4) is 0 Å². The molecule has 38 heavy (non-hydrogen) atoms. The van der Waals surface area contributed by atoms with Crippen LogP contribution in [-0.4, -0.2) is 22.0 Å². The molecule has 0 N–H and O–H groups in total. The number of allylic oxidation sites excluding steroid dienone is 14. The summed E-state index contributed by atoms with van der Waals surface area (Å²) in [6.07, 6.45) is 38.1. The van der Waals surface area contributed by atoms with Crippen LogP contribution in [0.25, 0.3) is 0 Å². The maximum atomic E-state index is 3.51. The summed E-state index contributed by atoms with van der Waals surface area (Å²) in [6, 6.07) is 0. The molecule has 0 radical (unpaired) electrons. The first-order valence-corrected chi connectivity index (χ1v) is 14.9. The molecule has 0 aromatic carbocycles. The predicted molar refractivity (Wildman–Crippen MR) is 156 cm³/mol. The zero-order valence-corrected chi connectivity index (χ0v) is 30.4. The summed E-state index contributed by atoms with van der Waals surface area (Å²) in [6.45, 7) is 14.0. The Labute approximate surface area is 284 Å². The quantitative estimate of drug-likeness (QED) is 0.318. The van der Waals surface area contributed by atoms with Gasteiger partial charge in [-0.25, -0.2) is 23.3 Å². The van der Waals surface area contributed by atoms with Crippen LogP contribution in [0, 0.1) is 23.0 Å². The van der Waals surface area contributed by atoms with Crippen LogP contribution in [0.4, 0.5) is 0 Å². The van der Waals surface area contributed by atoms with Crippen molar-refractivity contribution in [2.75, 3.05) is 12.5 Å². The molecule has 4 aliphatic rings. The standard InChI is InChI=1S/2C16H21S.2ClH.2Ti/c2*1-13-9-7-8-12-16(13,17-4)15(2,3)14-10-5-6-11-14;;;;/h2*5,7-10H,6,12H2,1-4H3;2*1H;;/q2*-1;;;2*+2/p-2. The number of hydrogen-bond acceptors (Lipinski definition) is 2. The third-order valence-corrected chi connectivity index (χ3v) is 11.9. The van der Waals surface area contributed by atoms with Gasteiger partial charge < -0.3 is 24.8 Å². The van der Waals surface area contributed by atoms with E-state index in [1.165, 1.54) is 22.3 Å². The Kier molecular flexibility index (Phi) is 18.1. The number of halogens is 2. The van der Waals surface area contributed by atoms with E-state index in [-0.39, 0.29) is 88.6 Å². The zero-order valence-electron chi connectivity index (χ0n) is 24.2. The Morgan fingerprint density at radius 3 is 1.24 bits per heavy atom. The summed E-state index contributed by atoms with van der Waals surface area (Å²) in [5.41, 5.74) is 5.96. The molecule has 0 spiro atoms. The summed E-state index contributed by atoms with van der Waals surface area (Å²) in [5, 5.41) is 0. The Morgan fingerprint density at radius 1 is 0.658 bits per heavy atom. The largest absolute Gasteiger partial charge is 2.00 e. The third-order valence-electron chi connectivity index (χ3n) is 8.50. The molecule has 0 saturated heterocycles. The van der Waals surface area contributed by atoms with Gasteiger partial charge in [-0.3, -0.25) is 12.2 Å². The topological polar surface area (TPSA) is 0 Å². The van der Waals surface area contributed by atoms with Crippen LogP contribution in [0.2, 0.25) is 0 Å². The van der Waals surface area contributed by atoms with Crippen molar-refractivity contribution >= 4 is 23.5 Å². The molecule has 6 heteroatoms. The molecule has 2 unspecified atom stereocenters. The first-order valence-electron chi connectivity index (χ1n) is 12.4. The molecule has 0 aromatic heterocycles. The average Bonchev–Trinajstić information content (AvgIpc) is 3.55. The third kappa shape index (κ3) is 7.52. The summed E-state index contributed by atoms with van der Waals surface area (Å²) in [4.78, 5) is 0. The minimum absolute atomic E-state index is 0. The molecular formula is C32H42Cl2S2Ti2. The van der Waals surface area contributed by atoms with Gasteiger partial charge in [0, 0.05) is 9.49 Å². The van der Waals surface area contributed by atoms with E-state index in [1.807, 2.05) is 23.5 Å². The maximum absolute atomic E-state index is 3.51. The van der Waals surface area contributed by atoms with Gasteiger partial charge in [0.15, 0.2) is 0 Å². The summed E-state index contributed by atoms with van der Waals surface area (Å²) < 4.78 is 0.359. The average molecular weight is 657 g/mol. The molecule has 4 aliphatic carbocycles. The molecule has 0 heterocycles. The van der Waals surface area contributed by atoms with Gasteiger partial charge in [0.1, 0.15) is 0 Å². The monoisotopic (exact) mass is 656 g/mol. The van der Waals surface area contributed by atoms with E-state index in [0.29, 0.717) is 0 Å². The molecule has 204 valence electrons. The van der Waals surface area contributed by atoms with Gasteiger partial charge in [0.05, 0.1) is 0 Å². The zero-order chi connectivity index (χ0) is 25.0. The van der Waals surface area contributed by atoms with Crippen LogP contribution in [0.5, 0.6) is 0 Å². The molecule has 0 aliphatic heterocycles. The fourth-order valence-corrected chi connectivity index (χ4v) is 8.63. The van der Waals surface area contributed by atoms with Crippen molar-refractivity contribution < 1.29 is 68.2 Å². The Morgan fingerprint density at radius 2 is 1.00 bits per heavy atom. The van der Waals surface area contributed by atoms with Crippen molar-refractivity contribution in [1.29, 1.82) is 0 Å².